The van der Waals surface area contributed by atoms with Gasteiger partial charge in [-0.25, -0.2) is 4.99 Å². The van der Waals surface area contributed by atoms with Gasteiger partial charge in [-0.3, -0.25) is 4.68 Å². The maximum absolute atomic E-state index is 5.16. The van der Waals surface area contributed by atoms with E-state index >= 15 is 0 Å². The van der Waals surface area contributed by atoms with Crippen molar-refractivity contribution in [2.45, 2.75) is 46.7 Å². The fourth-order valence-electron chi connectivity index (χ4n) is 3.00. The quantitative estimate of drug-likeness (QED) is 0.383. The Morgan fingerprint density at radius 3 is 2.67 bits per heavy atom. The van der Waals surface area contributed by atoms with Crippen LogP contribution >= 0.6 is 0 Å². The summed E-state index contributed by atoms with van der Waals surface area (Å²) in [5.74, 6) is 0.856. The van der Waals surface area contributed by atoms with Crippen LogP contribution in [0.1, 0.15) is 35.9 Å². The first-order valence-corrected chi connectivity index (χ1v) is 9.73. The minimum Gasteiger partial charge on any atom is -0.383 e. The summed E-state index contributed by atoms with van der Waals surface area (Å²) in [6.45, 7) is 10.0. The van der Waals surface area contributed by atoms with Crippen LogP contribution in [0.5, 0.6) is 0 Å². The molecule has 6 heteroatoms. The highest BCUT2D eigenvalue weighted by molar-refractivity contribution is 5.79. The number of guanidine groups is 1. The highest BCUT2D eigenvalue weighted by Crippen LogP contribution is 2.14. The first-order valence-electron chi connectivity index (χ1n) is 9.73. The van der Waals surface area contributed by atoms with E-state index in [1.807, 2.05) is 11.6 Å². The Hall–Kier alpha value is -2.34. The molecule has 0 aliphatic carbocycles. The van der Waals surface area contributed by atoms with Gasteiger partial charge in [0.05, 0.1) is 25.4 Å². The molecule has 0 bridgehead atoms. The zero-order valence-electron chi connectivity index (χ0n) is 17.1. The molecule has 6 nitrogen and oxygen atoms in total. The first-order chi connectivity index (χ1) is 13.2. The minimum atomic E-state index is 0.624. The van der Waals surface area contributed by atoms with E-state index in [2.05, 4.69) is 59.9 Å². The zero-order valence-corrected chi connectivity index (χ0v) is 17.1. The SMILES string of the molecule is CCNC(=NCc1c(C)nn(CCOC)c1C)NCCCc1ccccc1. The number of methoxy groups -OCH3 is 1. The molecule has 0 saturated heterocycles. The summed E-state index contributed by atoms with van der Waals surface area (Å²) in [6, 6.07) is 10.6. The number of hydrogen-bond acceptors (Lipinski definition) is 3. The van der Waals surface area contributed by atoms with Crippen LogP contribution in [-0.2, 0) is 24.2 Å². The van der Waals surface area contributed by atoms with Crippen LogP contribution in [0.4, 0.5) is 0 Å². The lowest BCUT2D eigenvalue weighted by molar-refractivity contribution is 0.182. The second-order valence-electron chi connectivity index (χ2n) is 6.58. The fourth-order valence-corrected chi connectivity index (χ4v) is 3.00. The molecular weight excluding hydrogens is 338 g/mol. The van der Waals surface area contributed by atoms with Gasteiger partial charge in [0.1, 0.15) is 0 Å². The lowest BCUT2D eigenvalue weighted by Crippen LogP contribution is -2.37. The predicted molar refractivity (Wildman–Crippen MR) is 111 cm³/mol. The lowest BCUT2D eigenvalue weighted by Gasteiger charge is -2.11. The molecule has 0 radical (unpaired) electrons. The van der Waals surface area contributed by atoms with E-state index in [0.29, 0.717) is 13.2 Å². The number of hydrogen-bond donors (Lipinski definition) is 2. The van der Waals surface area contributed by atoms with Crippen LogP contribution in [0.25, 0.3) is 0 Å². The van der Waals surface area contributed by atoms with E-state index in [1.165, 1.54) is 11.1 Å². The van der Waals surface area contributed by atoms with Crippen LogP contribution in [0.3, 0.4) is 0 Å². The number of rotatable bonds is 10. The van der Waals surface area contributed by atoms with Gasteiger partial charge in [-0.05, 0) is 39.2 Å². The van der Waals surface area contributed by atoms with E-state index in [4.69, 9.17) is 9.73 Å². The van der Waals surface area contributed by atoms with Gasteiger partial charge >= 0.3 is 0 Å². The molecule has 0 aliphatic heterocycles. The Morgan fingerprint density at radius 2 is 1.96 bits per heavy atom. The highest BCUT2D eigenvalue weighted by atomic mass is 16.5. The molecule has 0 aliphatic rings. The molecule has 27 heavy (non-hydrogen) atoms. The molecular formula is C21H33N5O. The molecule has 0 amide bonds. The number of nitrogens with zero attached hydrogens (tertiary/aromatic N) is 3. The van der Waals surface area contributed by atoms with Gasteiger partial charge in [-0.1, -0.05) is 30.3 Å². The lowest BCUT2D eigenvalue weighted by atomic mass is 10.1. The van der Waals surface area contributed by atoms with E-state index < -0.39 is 0 Å². The number of aryl methyl sites for hydroxylation is 2. The maximum atomic E-state index is 5.16. The van der Waals surface area contributed by atoms with Crippen LogP contribution in [-0.4, -0.2) is 42.5 Å². The molecule has 0 fully saturated rings. The Kier molecular flexibility index (Phi) is 8.84. The third-order valence-corrected chi connectivity index (χ3v) is 4.56. The summed E-state index contributed by atoms with van der Waals surface area (Å²) in [5, 5.41) is 11.4. The third kappa shape index (κ3) is 6.71. The summed E-state index contributed by atoms with van der Waals surface area (Å²) in [7, 11) is 1.71. The normalized spacial score (nSPS) is 11.6. The molecule has 1 aromatic heterocycles. The summed E-state index contributed by atoms with van der Waals surface area (Å²) < 4.78 is 7.16. The molecule has 1 aromatic carbocycles. The van der Waals surface area contributed by atoms with Crippen LogP contribution in [0, 0.1) is 13.8 Å². The summed E-state index contributed by atoms with van der Waals surface area (Å²) in [4.78, 5) is 4.75. The van der Waals surface area contributed by atoms with Gasteiger partial charge in [0.15, 0.2) is 5.96 Å². The number of benzene rings is 1. The monoisotopic (exact) mass is 371 g/mol. The topological polar surface area (TPSA) is 63.5 Å². The third-order valence-electron chi connectivity index (χ3n) is 4.56. The summed E-state index contributed by atoms with van der Waals surface area (Å²) in [5.41, 5.74) is 4.75. The maximum Gasteiger partial charge on any atom is 0.191 e. The van der Waals surface area contributed by atoms with Gasteiger partial charge in [0.25, 0.3) is 0 Å². The van der Waals surface area contributed by atoms with E-state index in [1.54, 1.807) is 7.11 Å². The van der Waals surface area contributed by atoms with Crippen molar-refractivity contribution >= 4 is 5.96 Å². The smallest absolute Gasteiger partial charge is 0.191 e. The second-order valence-corrected chi connectivity index (χ2v) is 6.58. The summed E-state index contributed by atoms with van der Waals surface area (Å²) in [6.07, 6.45) is 2.14. The van der Waals surface area contributed by atoms with Gasteiger partial charge in [0.2, 0.25) is 0 Å². The Balaban J connectivity index is 1.90. The van der Waals surface area contributed by atoms with Crippen molar-refractivity contribution < 1.29 is 4.74 Å². The van der Waals surface area contributed by atoms with Crippen molar-refractivity contribution in [2.24, 2.45) is 4.99 Å². The molecule has 2 aromatic rings. The van der Waals surface area contributed by atoms with Crippen LogP contribution in [0.2, 0.25) is 0 Å². The van der Waals surface area contributed by atoms with Gasteiger partial charge < -0.3 is 15.4 Å². The Labute approximate surface area is 163 Å². The number of aliphatic imine (C=N–C) groups is 1. The first kappa shape index (κ1) is 21.0. The van der Waals surface area contributed by atoms with Crippen LogP contribution in [0.15, 0.2) is 35.3 Å². The van der Waals surface area contributed by atoms with Crippen molar-refractivity contribution in [2.75, 3.05) is 26.8 Å². The number of ether oxygens (including phenoxy) is 1. The van der Waals surface area contributed by atoms with E-state index in [9.17, 15) is 0 Å². The summed E-state index contributed by atoms with van der Waals surface area (Å²) >= 11 is 0. The van der Waals surface area contributed by atoms with Crippen molar-refractivity contribution in [3.05, 3.63) is 52.8 Å². The van der Waals surface area contributed by atoms with E-state index in [0.717, 1.165) is 49.8 Å². The molecule has 148 valence electrons. The van der Waals surface area contributed by atoms with Crippen molar-refractivity contribution in [3.8, 4) is 0 Å². The molecule has 1 heterocycles. The molecule has 2 rings (SSSR count). The minimum absolute atomic E-state index is 0.624. The Bertz CT molecular complexity index is 709. The number of nitrogens with one attached hydrogen (secondary N) is 2. The van der Waals surface area contributed by atoms with Crippen molar-refractivity contribution in [3.63, 3.8) is 0 Å². The molecule has 0 atom stereocenters. The van der Waals surface area contributed by atoms with Crippen molar-refractivity contribution in [1.29, 1.82) is 0 Å². The van der Waals surface area contributed by atoms with E-state index in [-0.39, 0.29) is 0 Å². The zero-order chi connectivity index (χ0) is 19.5. The van der Waals surface area contributed by atoms with Gasteiger partial charge in [-0.2, -0.15) is 5.10 Å². The van der Waals surface area contributed by atoms with Gasteiger partial charge in [0, 0.05) is 31.5 Å². The standard InChI is InChI=1S/C21H33N5O/c1-5-22-21(23-13-9-12-19-10-7-6-8-11-19)24-16-20-17(2)25-26(18(20)3)14-15-27-4/h6-8,10-11H,5,9,12-16H2,1-4H3,(H2,22,23,24). The Morgan fingerprint density at radius 1 is 1.19 bits per heavy atom. The molecule has 2 N–H and O–H groups in total. The average molecular weight is 372 g/mol. The molecule has 0 saturated carbocycles. The highest BCUT2D eigenvalue weighted by Gasteiger charge is 2.11. The fraction of sp³-hybridized carbons (Fsp3) is 0.524. The van der Waals surface area contributed by atoms with Crippen molar-refractivity contribution in [1.82, 2.24) is 20.4 Å². The van der Waals surface area contributed by atoms with Gasteiger partial charge in [-0.15, -0.1) is 0 Å². The average Bonchev–Trinajstić information content (AvgIpc) is 2.95. The van der Waals surface area contributed by atoms with Crippen LogP contribution < -0.4 is 10.6 Å². The second kappa shape index (κ2) is 11.4. The molecule has 0 spiro atoms. The predicted octanol–water partition coefficient (Wildman–Crippen LogP) is 2.83. The molecule has 0 unspecified atom stereocenters. The number of aromatic nitrogens is 2. The largest absolute Gasteiger partial charge is 0.383 e.